The molecule has 1 aromatic rings. The van der Waals surface area contributed by atoms with E-state index in [1.54, 1.807) is 22.6 Å². The topological polar surface area (TPSA) is 3.24 Å². The Labute approximate surface area is 212 Å². The quantitative estimate of drug-likeness (QED) is 0.226. The van der Waals surface area contributed by atoms with E-state index in [1.165, 1.54) is 54.4 Å². The van der Waals surface area contributed by atoms with Crippen molar-refractivity contribution in [1.29, 1.82) is 0 Å². The molecule has 1 aliphatic heterocycles. The molecule has 5 aliphatic rings. The SMILES string of the molecule is C=C/C=C(\C=C)CN1CCc2cc3c(cc2CC1)C1(CCCC2CCC#CCC2)C(=C)C1[C]1C=C13. The summed E-state index contributed by atoms with van der Waals surface area (Å²) in [5.74, 6) is 9.71. The predicted octanol–water partition coefficient (Wildman–Crippen LogP) is 7.16. The van der Waals surface area contributed by atoms with Crippen LogP contribution in [0.25, 0.3) is 5.57 Å². The number of allylic oxidation sites excluding steroid dienone is 5. The molecule has 1 fully saturated rings. The second-order valence-electron chi connectivity index (χ2n) is 11.3. The zero-order valence-corrected chi connectivity index (χ0v) is 21.2. The maximum atomic E-state index is 4.64. The zero-order chi connectivity index (χ0) is 24.0. The summed E-state index contributed by atoms with van der Waals surface area (Å²) in [6, 6.07) is 5.18. The third-order valence-corrected chi connectivity index (χ3v) is 9.34. The molecule has 4 aliphatic carbocycles. The lowest BCUT2D eigenvalue weighted by molar-refractivity contribution is 0.314. The largest absolute Gasteiger partial charge is 0.298 e. The first-order chi connectivity index (χ1) is 17.2. The van der Waals surface area contributed by atoms with Crippen LogP contribution in [0.1, 0.15) is 67.2 Å². The fourth-order valence-electron chi connectivity index (χ4n) is 7.25. The molecular weight excluding hydrogens is 422 g/mol. The molecule has 6 rings (SSSR count). The van der Waals surface area contributed by atoms with Gasteiger partial charge < -0.3 is 0 Å². The second-order valence-corrected chi connectivity index (χ2v) is 11.3. The van der Waals surface area contributed by atoms with Gasteiger partial charge in [0.15, 0.2) is 0 Å². The maximum absolute atomic E-state index is 4.64. The first-order valence-corrected chi connectivity index (χ1v) is 13.7. The van der Waals surface area contributed by atoms with Gasteiger partial charge in [-0.3, -0.25) is 4.90 Å². The van der Waals surface area contributed by atoms with Crippen LogP contribution in [-0.4, -0.2) is 24.5 Å². The molecule has 35 heavy (non-hydrogen) atoms. The summed E-state index contributed by atoms with van der Waals surface area (Å²) in [5.41, 5.74) is 10.8. The molecule has 2 unspecified atom stereocenters. The Morgan fingerprint density at radius 1 is 1.09 bits per heavy atom. The highest BCUT2D eigenvalue weighted by Crippen LogP contribution is 2.75. The molecule has 1 heterocycles. The van der Waals surface area contributed by atoms with Gasteiger partial charge in [-0.25, -0.2) is 0 Å². The summed E-state index contributed by atoms with van der Waals surface area (Å²) in [4.78, 5) is 2.58. The van der Waals surface area contributed by atoms with Crippen molar-refractivity contribution in [2.45, 2.75) is 63.2 Å². The van der Waals surface area contributed by atoms with E-state index in [9.17, 15) is 0 Å². The summed E-state index contributed by atoms with van der Waals surface area (Å²) >= 11 is 0. The average molecular weight is 461 g/mol. The highest BCUT2D eigenvalue weighted by molar-refractivity contribution is 6.01. The molecule has 0 bridgehead atoms. The van der Waals surface area contributed by atoms with Gasteiger partial charge >= 0.3 is 0 Å². The van der Waals surface area contributed by atoms with E-state index in [1.807, 2.05) is 12.2 Å². The first kappa shape index (κ1) is 22.9. The van der Waals surface area contributed by atoms with Gasteiger partial charge in [0.1, 0.15) is 0 Å². The summed E-state index contributed by atoms with van der Waals surface area (Å²) < 4.78 is 0. The van der Waals surface area contributed by atoms with Gasteiger partial charge in [-0.05, 0) is 71.4 Å². The van der Waals surface area contributed by atoms with Gasteiger partial charge in [-0.15, -0.1) is 11.8 Å². The fraction of sp³-hybridized carbons (Fsp3) is 0.441. The van der Waals surface area contributed by atoms with Crippen molar-refractivity contribution in [3.8, 4) is 11.8 Å². The van der Waals surface area contributed by atoms with E-state index in [0.717, 1.165) is 51.2 Å². The molecule has 179 valence electrons. The van der Waals surface area contributed by atoms with Gasteiger partial charge in [-0.2, -0.15) is 0 Å². The number of rotatable bonds is 8. The van der Waals surface area contributed by atoms with Crippen LogP contribution in [0.5, 0.6) is 0 Å². The third kappa shape index (κ3) is 4.01. The average Bonchev–Trinajstić information content (AvgIpc) is 3.76. The van der Waals surface area contributed by atoms with Crippen LogP contribution >= 0.6 is 0 Å². The van der Waals surface area contributed by atoms with Gasteiger partial charge in [0, 0.05) is 49.7 Å². The molecule has 2 atom stereocenters. The standard InChI is InChI=1S/C34H38N/c1-4-11-25(5-2)23-35-18-15-27-20-30-29-22-31(29)33-24(3)34(33,32(30)21-28(27)16-19-35)17-10-14-26-12-8-6-7-9-13-26/h4-5,11,20-22,26,33H,1-3,8-10,12-19,23H2/b25-11+. The lowest BCUT2D eigenvalue weighted by Crippen LogP contribution is -2.28. The van der Waals surface area contributed by atoms with Crippen molar-refractivity contribution >= 4 is 5.57 Å². The van der Waals surface area contributed by atoms with Gasteiger partial charge in [-0.1, -0.05) is 74.6 Å². The zero-order valence-electron chi connectivity index (χ0n) is 21.2. The Morgan fingerprint density at radius 3 is 2.54 bits per heavy atom. The number of hydrogen-bond acceptors (Lipinski definition) is 1. The van der Waals surface area contributed by atoms with E-state index in [-0.39, 0.29) is 5.41 Å². The Bertz CT molecular complexity index is 1180. The Kier molecular flexibility index (Phi) is 5.98. The van der Waals surface area contributed by atoms with E-state index in [4.69, 9.17) is 0 Å². The number of nitrogens with zero attached hydrogens (tertiary/aromatic N) is 1. The first-order valence-electron chi connectivity index (χ1n) is 13.7. The molecule has 0 spiro atoms. The maximum Gasteiger partial charge on any atom is 0.0357 e. The lowest BCUT2D eigenvalue weighted by atomic mass is 9.76. The van der Waals surface area contributed by atoms with Crippen LogP contribution in [0.15, 0.2) is 67.3 Å². The lowest BCUT2D eigenvalue weighted by Gasteiger charge is -2.27. The second kappa shape index (κ2) is 9.15. The molecule has 1 radical (unpaired) electrons. The normalized spacial score (nSPS) is 27.7. The summed E-state index contributed by atoms with van der Waals surface area (Å²) in [7, 11) is 0. The van der Waals surface area contributed by atoms with Crippen molar-refractivity contribution in [2.75, 3.05) is 19.6 Å². The van der Waals surface area contributed by atoms with Crippen LogP contribution in [0.3, 0.4) is 0 Å². The number of benzene rings is 1. The van der Waals surface area contributed by atoms with Gasteiger partial charge in [0.25, 0.3) is 0 Å². The number of fused-ring (bicyclic) bond motifs is 7. The minimum atomic E-state index is 0.214. The molecule has 1 heteroatoms. The Morgan fingerprint density at radius 2 is 1.83 bits per heavy atom. The number of hydrogen-bond donors (Lipinski definition) is 0. The van der Waals surface area contributed by atoms with E-state index in [2.05, 4.69) is 60.8 Å². The van der Waals surface area contributed by atoms with Crippen molar-refractivity contribution in [3.63, 3.8) is 0 Å². The van der Waals surface area contributed by atoms with E-state index >= 15 is 0 Å². The smallest absolute Gasteiger partial charge is 0.0357 e. The predicted molar refractivity (Wildman–Crippen MR) is 148 cm³/mol. The van der Waals surface area contributed by atoms with Crippen LogP contribution in [0, 0.1) is 29.6 Å². The monoisotopic (exact) mass is 460 g/mol. The fourth-order valence-corrected chi connectivity index (χ4v) is 7.25. The highest BCUT2D eigenvalue weighted by Gasteiger charge is 2.68. The third-order valence-electron chi connectivity index (χ3n) is 9.34. The molecule has 0 saturated heterocycles. The molecule has 1 aromatic carbocycles. The summed E-state index contributed by atoms with van der Waals surface area (Å²) in [6.07, 6.45) is 19.4. The molecule has 0 aromatic heterocycles. The van der Waals surface area contributed by atoms with Gasteiger partial charge in [0.2, 0.25) is 0 Å². The molecule has 0 amide bonds. The van der Waals surface area contributed by atoms with E-state index in [0.29, 0.717) is 5.92 Å². The Balaban J connectivity index is 1.21. The van der Waals surface area contributed by atoms with Crippen LogP contribution in [-0.2, 0) is 18.3 Å². The van der Waals surface area contributed by atoms with Crippen LogP contribution < -0.4 is 0 Å². The van der Waals surface area contributed by atoms with Crippen molar-refractivity contribution in [3.05, 3.63) is 95.5 Å². The van der Waals surface area contributed by atoms with Crippen molar-refractivity contribution < 1.29 is 0 Å². The molecule has 1 saturated carbocycles. The highest BCUT2D eigenvalue weighted by atomic mass is 15.1. The minimum absolute atomic E-state index is 0.214. The molecule has 0 N–H and O–H groups in total. The van der Waals surface area contributed by atoms with Crippen LogP contribution in [0.4, 0.5) is 0 Å². The van der Waals surface area contributed by atoms with Crippen molar-refractivity contribution in [1.82, 2.24) is 4.90 Å². The van der Waals surface area contributed by atoms with E-state index < -0.39 is 0 Å². The van der Waals surface area contributed by atoms with Gasteiger partial charge in [0.05, 0.1) is 0 Å². The Hall–Kier alpha value is -2.56. The van der Waals surface area contributed by atoms with Crippen LogP contribution in [0.2, 0.25) is 0 Å². The molecule has 1 nitrogen and oxygen atoms in total. The summed E-state index contributed by atoms with van der Waals surface area (Å²) in [5, 5.41) is 0. The summed E-state index contributed by atoms with van der Waals surface area (Å²) in [6.45, 7) is 15.7. The van der Waals surface area contributed by atoms with Crippen molar-refractivity contribution in [2.24, 2.45) is 11.8 Å². The minimum Gasteiger partial charge on any atom is -0.298 e. The molecular formula is C34H38N.